The molecule has 2 N–H and O–H groups in total. The van der Waals surface area contributed by atoms with Crippen LogP contribution in [0, 0.1) is 0 Å². The van der Waals surface area contributed by atoms with E-state index in [-0.39, 0.29) is 5.91 Å². The van der Waals surface area contributed by atoms with Gasteiger partial charge >= 0.3 is 0 Å². The minimum atomic E-state index is -0.440. The number of halogens is 1. The summed E-state index contributed by atoms with van der Waals surface area (Å²) in [6, 6.07) is 7.13. The molecule has 0 bridgehead atoms. The average molecular weight is 241 g/mol. The van der Waals surface area contributed by atoms with Crippen molar-refractivity contribution >= 4 is 23.2 Å². The third-order valence-corrected chi connectivity index (χ3v) is 2.68. The van der Waals surface area contributed by atoms with Crippen LogP contribution in [0.15, 0.2) is 24.3 Å². The van der Waals surface area contributed by atoms with Crippen molar-refractivity contribution in [1.29, 1.82) is 0 Å². The molecule has 1 amide bonds. The molecule has 0 saturated carbocycles. The van der Waals surface area contributed by atoms with Crippen LogP contribution in [0.5, 0.6) is 0 Å². The maximum absolute atomic E-state index is 11.8. The highest BCUT2D eigenvalue weighted by molar-refractivity contribution is 6.33. The quantitative estimate of drug-likeness (QED) is 0.819. The van der Waals surface area contributed by atoms with Crippen molar-refractivity contribution in [2.45, 2.75) is 6.10 Å². The van der Waals surface area contributed by atoms with Gasteiger partial charge in [0.25, 0.3) is 5.91 Å². The van der Waals surface area contributed by atoms with Crippen LogP contribution in [-0.2, 0) is 9.53 Å². The van der Waals surface area contributed by atoms with Gasteiger partial charge in [0.2, 0.25) is 0 Å². The zero-order chi connectivity index (χ0) is 11.4. The summed E-state index contributed by atoms with van der Waals surface area (Å²) < 4.78 is 5.33. The van der Waals surface area contributed by atoms with Gasteiger partial charge in [0.15, 0.2) is 0 Å². The maximum Gasteiger partial charge on any atom is 0.254 e. The van der Waals surface area contributed by atoms with E-state index in [4.69, 9.17) is 16.3 Å². The Labute approximate surface area is 98.9 Å². The third kappa shape index (κ3) is 2.72. The van der Waals surface area contributed by atoms with Crippen LogP contribution < -0.4 is 10.6 Å². The fourth-order valence-corrected chi connectivity index (χ4v) is 1.69. The zero-order valence-corrected chi connectivity index (χ0v) is 9.46. The molecule has 1 aromatic carbocycles. The predicted molar refractivity (Wildman–Crippen MR) is 62.7 cm³/mol. The molecule has 2 rings (SSSR count). The van der Waals surface area contributed by atoms with Crippen LogP contribution in [0.25, 0.3) is 0 Å². The lowest BCUT2D eigenvalue weighted by atomic mass is 10.2. The van der Waals surface area contributed by atoms with E-state index in [1.165, 1.54) is 0 Å². The van der Waals surface area contributed by atoms with E-state index in [1.807, 2.05) is 12.1 Å². The van der Waals surface area contributed by atoms with Crippen molar-refractivity contribution < 1.29 is 9.53 Å². The summed E-state index contributed by atoms with van der Waals surface area (Å²) >= 11 is 5.94. The number of rotatable bonds is 2. The zero-order valence-electron chi connectivity index (χ0n) is 8.70. The van der Waals surface area contributed by atoms with Gasteiger partial charge < -0.3 is 15.4 Å². The fourth-order valence-electron chi connectivity index (χ4n) is 1.51. The van der Waals surface area contributed by atoms with Gasteiger partial charge in [-0.2, -0.15) is 0 Å². The molecule has 5 heteroatoms. The Hall–Kier alpha value is -1.10. The molecule has 16 heavy (non-hydrogen) atoms. The Morgan fingerprint density at radius 3 is 3.00 bits per heavy atom. The second kappa shape index (κ2) is 5.30. The molecule has 1 heterocycles. The Kier molecular flexibility index (Phi) is 3.77. The minimum Gasteiger partial charge on any atom is -0.366 e. The maximum atomic E-state index is 11.8. The molecule has 1 aliphatic heterocycles. The van der Waals surface area contributed by atoms with E-state index in [0.29, 0.717) is 23.9 Å². The van der Waals surface area contributed by atoms with Crippen molar-refractivity contribution in [2.75, 3.05) is 25.0 Å². The topological polar surface area (TPSA) is 50.4 Å². The number of carbonyl (C=O) groups is 1. The summed E-state index contributed by atoms with van der Waals surface area (Å²) in [4.78, 5) is 11.8. The number of ether oxygens (including phenoxy) is 1. The number of anilines is 1. The molecule has 1 fully saturated rings. The normalized spacial score (nSPS) is 20.4. The summed E-state index contributed by atoms with van der Waals surface area (Å²) in [5.41, 5.74) is 0.614. The van der Waals surface area contributed by atoms with Crippen LogP contribution in [0.1, 0.15) is 0 Å². The van der Waals surface area contributed by atoms with Crippen molar-refractivity contribution in [2.24, 2.45) is 0 Å². The van der Waals surface area contributed by atoms with Crippen LogP contribution >= 0.6 is 11.6 Å². The van der Waals surface area contributed by atoms with Gasteiger partial charge in [-0.15, -0.1) is 0 Å². The van der Waals surface area contributed by atoms with E-state index < -0.39 is 6.10 Å². The standard InChI is InChI=1S/C11H13ClN2O2/c12-8-3-1-2-4-9(8)14-11(15)10-7-13-5-6-16-10/h1-4,10,13H,5-7H2,(H,14,15). The summed E-state index contributed by atoms with van der Waals surface area (Å²) in [7, 11) is 0. The highest BCUT2D eigenvalue weighted by atomic mass is 35.5. The first kappa shape index (κ1) is 11.4. The molecule has 0 aromatic heterocycles. The van der Waals surface area contributed by atoms with Gasteiger partial charge in [-0.25, -0.2) is 0 Å². The predicted octanol–water partition coefficient (Wildman–Crippen LogP) is 1.27. The molecule has 1 atom stereocenters. The smallest absolute Gasteiger partial charge is 0.254 e. The Balaban J connectivity index is 1.99. The Bertz CT molecular complexity index is 378. The minimum absolute atomic E-state index is 0.166. The van der Waals surface area contributed by atoms with Gasteiger partial charge in [-0.3, -0.25) is 4.79 Å². The van der Waals surface area contributed by atoms with E-state index >= 15 is 0 Å². The fraction of sp³-hybridized carbons (Fsp3) is 0.364. The van der Waals surface area contributed by atoms with E-state index in [0.717, 1.165) is 6.54 Å². The highest BCUT2D eigenvalue weighted by Gasteiger charge is 2.21. The lowest BCUT2D eigenvalue weighted by molar-refractivity contribution is -0.128. The molecule has 0 spiro atoms. The number of para-hydroxylation sites is 1. The molecular weight excluding hydrogens is 228 g/mol. The number of amides is 1. The Morgan fingerprint density at radius 1 is 1.50 bits per heavy atom. The number of morpholine rings is 1. The van der Waals surface area contributed by atoms with Crippen LogP contribution in [0.4, 0.5) is 5.69 Å². The molecule has 1 aliphatic rings. The number of benzene rings is 1. The van der Waals surface area contributed by atoms with Gasteiger partial charge in [-0.05, 0) is 12.1 Å². The number of nitrogens with one attached hydrogen (secondary N) is 2. The second-order valence-electron chi connectivity index (χ2n) is 3.53. The molecule has 1 saturated heterocycles. The van der Waals surface area contributed by atoms with Crippen molar-refractivity contribution in [3.05, 3.63) is 29.3 Å². The summed E-state index contributed by atoms with van der Waals surface area (Å²) in [5.74, 6) is -0.166. The number of hydrogen-bond acceptors (Lipinski definition) is 3. The molecule has 0 aliphatic carbocycles. The third-order valence-electron chi connectivity index (χ3n) is 2.35. The van der Waals surface area contributed by atoms with Crippen molar-refractivity contribution in [1.82, 2.24) is 5.32 Å². The molecule has 0 radical (unpaired) electrons. The van der Waals surface area contributed by atoms with Crippen LogP contribution in [0.2, 0.25) is 5.02 Å². The van der Waals surface area contributed by atoms with Crippen LogP contribution in [-0.4, -0.2) is 31.7 Å². The summed E-state index contributed by atoms with van der Waals surface area (Å²) in [6.07, 6.45) is -0.440. The molecule has 1 unspecified atom stereocenters. The van der Waals surface area contributed by atoms with Crippen LogP contribution in [0.3, 0.4) is 0 Å². The summed E-state index contributed by atoms with van der Waals surface area (Å²) in [5, 5.41) is 6.37. The lowest BCUT2D eigenvalue weighted by Gasteiger charge is -2.22. The average Bonchev–Trinajstić information content (AvgIpc) is 2.33. The molecule has 1 aromatic rings. The van der Waals surface area contributed by atoms with Crippen molar-refractivity contribution in [3.8, 4) is 0 Å². The lowest BCUT2D eigenvalue weighted by Crippen LogP contribution is -2.45. The first-order valence-corrected chi connectivity index (χ1v) is 5.53. The number of carbonyl (C=O) groups excluding carboxylic acids is 1. The summed E-state index contributed by atoms with van der Waals surface area (Å²) in [6.45, 7) is 1.88. The molecular formula is C11H13ClN2O2. The SMILES string of the molecule is O=C(Nc1ccccc1Cl)C1CNCCO1. The van der Waals surface area contributed by atoms with E-state index in [9.17, 15) is 4.79 Å². The number of hydrogen-bond donors (Lipinski definition) is 2. The largest absolute Gasteiger partial charge is 0.366 e. The monoisotopic (exact) mass is 240 g/mol. The van der Waals surface area contributed by atoms with Gasteiger partial charge in [-0.1, -0.05) is 23.7 Å². The van der Waals surface area contributed by atoms with Gasteiger partial charge in [0.05, 0.1) is 17.3 Å². The first-order chi connectivity index (χ1) is 7.77. The Morgan fingerprint density at radius 2 is 2.31 bits per heavy atom. The van der Waals surface area contributed by atoms with E-state index in [2.05, 4.69) is 10.6 Å². The van der Waals surface area contributed by atoms with Crippen molar-refractivity contribution in [3.63, 3.8) is 0 Å². The highest BCUT2D eigenvalue weighted by Crippen LogP contribution is 2.20. The van der Waals surface area contributed by atoms with Gasteiger partial charge in [0.1, 0.15) is 6.10 Å². The van der Waals surface area contributed by atoms with E-state index in [1.54, 1.807) is 12.1 Å². The molecule has 86 valence electrons. The molecule has 4 nitrogen and oxygen atoms in total. The first-order valence-electron chi connectivity index (χ1n) is 5.15. The van der Waals surface area contributed by atoms with Gasteiger partial charge in [0, 0.05) is 13.1 Å². The second-order valence-corrected chi connectivity index (χ2v) is 3.94.